The van der Waals surface area contributed by atoms with E-state index >= 15 is 0 Å². The highest BCUT2D eigenvalue weighted by atomic mass is 16.1. The first-order valence-corrected chi connectivity index (χ1v) is 11.2. The van der Waals surface area contributed by atoms with Crippen LogP contribution in [0.15, 0.2) is 49.2 Å². The van der Waals surface area contributed by atoms with Gasteiger partial charge in [-0.1, -0.05) is 6.07 Å². The minimum Gasteiger partial charge on any atom is -0.350 e. The van der Waals surface area contributed by atoms with Gasteiger partial charge in [-0.3, -0.25) is 9.78 Å². The fourth-order valence-electron chi connectivity index (χ4n) is 4.10. The molecule has 1 saturated heterocycles. The third-order valence-corrected chi connectivity index (χ3v) is 6.06. The van der Waals surface area contributed by atoms with E-state index in [9.17, 15) is 4.79 Å². The fraction of sp³-hybridized carbons (Fsp3) is 0.417. The van der Waals surface area contributed by atoms with Crippen LogP contribution < -0.4 is 10.2 Å². The number of amides is 1. The molecule has 1 N–H and O–H groups in total. The molecule has 7 heteroatoms. The van der Waals surface area contributed by atoms with E-state index in [1.165, 1.54) is 25.7 Å². The minimum absolute atomic E-state index is 0.0367. The van der Waals surface area contributed by atoms with Gasteiger partial charge in [0, 0.05) is 68.3 Å². The summed E-state index contributed by atoms with van der Waals surface area (Å²) < 4.78 is 2.10. The van der Waals surface area contributed by atoms with Crippen LogP contribution in [0.3, 0.4) is 0 Å². The molecule has 3 aromatic rings. The van der Waals surface area contributed by atoms with Crippen molar-refractivity contribution in [1.29, 1.82) is 0 Å². The summed E-state index contributed by atoms with van der Waals surface area (Å²) in [5.74, 6) is 1.44. The summed E-state index contributed by atoms with van der Waals surface area (Å²) in [6.07, 6.45) is 15.1. The molecule has 3 aromatic heterocycles. The minimum atomic E-state index is -0.0367. The van der Waals surface area contributed by atoms with Crippen LogP contribution in [0.1, 0.15) is 41.7 Å². The summed E-state index contributed by atoms with van der Waals surface area (Å²) in [4.78, 5) is 28.5. The molecule has 2 fully saturated rings. The SMILES string of the molecule is O=C(NCCc1cccnc1)c1cc(-c2cnc(N3CCCC3)nc2)cn1CC1CC1. The molecule has 0 unspecified atom stereocenters. The fourth-order valence-corrected chi connectivity index (χ4v) is 4.10. The lowest BCUT2D eigenvalue weighted by atomic mass is 10.2. The molecule has 0 radical (unpaired) electrons. The first kappa shape index (κ1) is 19.7. The summed E-state index contributed by atoms with van der Waals surface area (Å²) >= 11 is 0. The third-order valence-electron chi connectivity index (χ3n) is 6.06. The second kappa shape index (κ2) is 8.88. The van der Waals surface area contributed by atoms with Crippen molar-refractivity contribution in [3.05, 3.63) is 60.4 Å². The molecule has 1 aliphatic carbocycles. The molecule has 0 bridgehead atoms. The van der Waals surface area contributed by atoms with Crippen LogP contribution in [0.25, 0.3) is 11.1 Å². The third kappa shape index (κ3) is 4.76. The second-order valence-corrected chi connectivity index (χ2v) is 8.54. The van der Waals surface area contributed by atoms with Gasteiger partial charge in [-0.15, -0.1) is 0 Å². The van der Waals surface area contributed by atoms with Crippen molar-refractivity contribution < 1.29 is 4.79 Å². The maximum atomic E-state index is 12.9. The molecule has 1 saturated carbocycles. The maximum Gasteiger partial charge on any atom is 0.267 e. The number of hydrogen-bond acceptors (Lipinski definition) is 5. The van der Waals surface area contributed by atoms with E-state index in [4.69, 9.17) is 0 Å². The van der Waals surface area contributed by atoms with E-state index < -0.39 is 0 Å². The van der Waals surface area contributed by atoms with E-state index in [2.05, 4.69) is 35.9 Å². The average Bonchev–Trinajstić information content (AvgIpc) is 3.27. The van der Waals surface area contributed by atoms with Crippen molar-refractivity contribution in [1.82, 2.24) is 24.8 Å². The molecule has 2 aliphatic rings. The Labute approximate surface area is 182 Å². The first-order valence-electron chi connectivity index (χ1n) is 11.2. The molecule has 5 rings (SSSR count). The second-order valence-electron chi connectivity index (χ2n) is 8.54. The lowest BCUT2D eigenvalue weighted by Crippen LogP contribution is -2.28. The number of carbonyl (C=O) groups is 1. The van der Waals surface area contributed by atoms with E-state index in [1.54, 1.807) is 6.20 Å². The molecular weight excluding hydrogens is 388 g/mol. The molecule has 160 valence electrons. The molecule has 31 heavy (non-hydrogen) atoms. The van der Waals surface area contributed by atoms with Crippen LogP contribution in [0.4, 0.5) is 5.95 Å². The Hall–Kier alpha value is -3.22. The van der Waals surface area contributed by atoms with Crippen molar-refractivity contribution in [3.63, 3.8) is 0 Å². The van der Waals surface area contributed by atoms with Crippen molar-refractivity contribution in [2.45, 2.75) is 38.6 Å². The smallest absolute Gasteiger partial charge is 0.267 e. The van der Waals surface area contributed by atoms with E-state index in [-0.39, 0.29) is 5.91 Å². The molecule has 0 atom stereocenters. The highest BCUT2D eigenvalue weighted by molar-refractivity contribution is 5.94. The van der Waals surface area contributed by atoms with Gasteiger partial charge in [0.05, 0.1) is 0 Å². The molecule has 0 spiro atoms. The van der Waals surface area contributed by atoms with Crippen LogP contribution in [-0.4, -0.2) is 45.1 Å². The van der Waals surface area contributed by atoms with Crippen LogP contribution in [0, 0.1) is 5.92 Å². The van der Waals surface area contributed by atoms with E-state index in [1.807, 2.05) is 36.8 Å². The number of carbonyl (C=O) groups excluding carboxylic acids is 1. The van der Waals surface area contributed by atoms with Crippen LogP contribution in [0.2, 0.25) is 0 Å². The lowest BCUT2D eigenvalue weighted by molar-refractivity contribution is 0.0944. The van der Waals surface area contributed by atoms with Crippen molar-refractivity contribution in [2.24, 2.45) is 5.92 Å². The van der Waals surface area contributed by atoms with Gasteiger partial charge in [-0.05, 0) is 55.7 Å². The molecule has 1 amide bonds. The van der Waals surface area contributed by atoms with Crippen LogP contribution >= 0.6 is 0 Å². The zero-order valence-corrected chi connectivity index (χ0v) is 17.7. The zero-order valence-electron chi connectivity index (χ0n) is 17.7. The molecule has 1 aliphatic heterocycles. The summed E-state index contributed by atoms with van der Waals surface area (Å²) in [5, 5.41) is 3.07. The van der Waals surface area contributed by atoms with Gasteiger partial charge in [-0.2, -0.15) is 0 Å². The zero-order chi connectivity index (χ0) is 21.0. The number of aromatic nitrogens is 4. The standard InChI is InChI=1S/C24H28N6O/c31-23(26-9-7-18-4-3-8-25-13-18)22-12-20(17-30(22)16-19-5-6-19)21-14-27-24(28-15-21)29-10-1-2-11-29/h3-4,8,12-15,17,19H,1-2,5-7,9-11,16H2,(H,26,31). The summed E-state index contributed by atoms with van der Waals surface area (Å²) in [6.45, 7) is 3.53. The predicted molar refractivity (Wildman–Crippen MR) is 120 cm³/mol. The van der Waals surface area contributed by atoms with Gasteiger partial charge in [0.1, 0.15) is 5.69 Å². The summed E-state index contributed by atoms with van der Waals surface area (Å²) in [6, 6.07) is 5.91. The molecular formula is C24H28N6O. The van der Waals surface area contributed by atoms with Gasteiger partial charge < -0.3 is 14.8 Å². The Kier molecular flexibility index (Phi) is 5.65. The quantitative estimate of drug-likeness (QED) is 0.610. The predicted octanol–water partition coefficient (Wildman–Crippen LogP) is 3.32. The average molecular weight is 417 g/mol. The van der Waals surface area contributed by atoms with Gasteiger partial charge in [-0.25, -0.2) is 9.97 Å². The number of hydrogen-bond donors (Lipinski definition) is 1. The largest absolute Gasteiger partial charge is 0.350 e. The van der Waals surface area contributed by atoms with E-state index in [0.717, 1.165) is 48.7 Å². The molecule has 7 nitrogen and oxygen atoms in total. The highest BCUT2D eigenvalue weighted by Gasteiger charge is 2.25. The highest BCUT2D eigenvalue weighted by Crippen LogP contribution is 2.32. The normalized spacial score (nSPS) is 15.9. The van der Waals surface area contributed by atoms with Gasteiger partial charge in [0.2, 0.25) is 5.95 Å². The Morgan fingerprint density at radius 3 is 2.61 bits per heavy atom. The van der Waals surface area contributed by atoms with Crippen LogP contribution in [-0.2, 0) is 13.0 Å². The number of nitrogens with one attached hydrogen (secondary N) is 1. The number of nitrogens with zero attached hydrogens (tertiary/aromatic N) is 5. The monoisotopic (exact) mass is 416 g/mol. The Morgan fingerprint density at radius 1 is 1.10 bits per heavy atom. The van der Waals surface area contributed by atoms with Gasteiger partial charge in [0.25, 0.3) is 5.91 Å². The van der Waals surface area contributed by atoms with E-state index in [0.29, 0.717) is 18.2 Å². The summed E-state index contributed by atoms with van der Waals surface area (Å²) in [7, 11) is 0. The number of rotatable bonds is 8. The van der Waals surface area contributed by atoms with Crippen molar-refractivity contribution >= 4 is 11.9 Å². The number of pyridine rings is 1. The number of anilines is 1. The van der Waals surface area contributed by atoms with Gasteiger partial charge >= 0.3 is 0 Å². The first-order chi connectivity index (χ1) is 15.3. The topological polar surface area (TPSA) is 75.9 Å². The Morgan fingerprint density at radius 2 is 1.90 bits per heavy atom. The summed E-state index contributed by atoms with van der Waals surface area (Å²) in [5.41, 5.74) is 3.76. The lowest BCUT2D eigenvalue weighted by Gasteiger charge is -2.14. The van der Waals surface area contributed by atoms with Crippen LogP contribution in [0.5, 0.6) is 0 Å². The molecule has 0 aromatic carbocycles. The van der Waals surface area contributed by atoms with Crippen molar-refractivity contribution in [3.8, 4) is 11.1 Å². The van der Waals surface area contributed by atoms with Gasteiger partial charge in [0.15, 0.2) is 0 Å². The maximum absolute atomic E-state index is 12.9. The Bertz CT molecular complexity index is 1020. The molecule has 4 heterocycles. The van der Waals surface area contributed by atoms with Crippen molar-refractivity contribution in [2.75, 3.05) is 24.5 Å². The Balaban J connectivity index is 1.30.